The van der Waals surface area contributed by atoms with Crippen molar-refractivity contribution in [1.82, 2.24) is 9.80 Å². The zero-order valence-corrected chi connectivity index (χ0v) is 9.44. The summed E-state index contributed by atoms with van der Waals surface area (Å²) < 4.78 is 0. The predicted molar refractivity (Wildman–Crippen MR) is 58.7 cm³/mol. The second kappa shape index (κ2) is 5.44. The first-order valence-electron chi connectivity index (χ1n) is 5.23. The Morgan fingerprint density at radius 2 is 1.62 bits per heavy atom. The van der Waals surface area contributed by atoms with Crippen LogP contribution in [0.1, 0.15) is 13.3 Å². The van der Waals surface area contributed by atoms with Crippen LogP contribution in [0.4, 0.5) is 0 Å². The number of piperazine rings is 1. The number of ketones is 1. The zero-order chi connectivity index (χ0) is 12.1. The van der Waals surface area contributed by atoms with Gasteiger partial charge in [0.15, 0.2) is 0 Å². The Kier molecular flexibility index (Phi) is 4.22. The molecule has 88 valence electrons. The van der Waals surface area contributed by atoms with Crippen molar-refractivity contribution in [2.24, 2.45) is 0 Å². The lowest BCUT2D eigenvalue weighted by Crippen LogP contribution is -2.50. The molecule has 1 rings (SSSR count). The Hall–Kier alpha value is -1.65. The summed E-state index contributed by atoms with van der Waals surface area (Å²) in [5.41, 5.74) is 0. The monoisotopic (exact) mass is 224 g/mol. The highest BCUT2D eigenvalue weighted by Gasteiger charge is 2.23. The van der Waals surface area contributed by atoms with Crippen LogP contribution in [0.2, 0.25) is 0 Å². The second-order valence-electron chi connectivity index (χ2n) is 3.79. The van der Waals surface area contributed by atoms with Gasteiger partial charge in [0.05, 0.1) is 6.42 Å². The highest BCUT2D eigenvalue weighted by Crippen LogP contribution is 2.04. The molecule has 5 heteroatoms. The lowest BCUT2D eigenvalue weighted by Gasteiger charge is -2.34. The zero-order valence-electron chi connectivity index (χ0n) is 9.44. The normalized spacial score (nSPS) is 15.8. The van der Waals surface area contributed by atoms with E-state index in [1.807, 2.05) is 0 Å². The van der Waals surface area contributed by atoms with E-state index in [9.17, 15) is 14.4 Å². The highest BCUT2D eigenvalue weighted by molar-refractivity contribution is 5.97. The Morgan fingerprint density at radius 3 is 2.06 bits per heavy atom. The van der Waals surface area contributed by atoms with Crippen LogP contribution in [0.15, 0.2) is 12.7 Å². The second-order valence-corrected chi connectivity index (χ2v) is 3.79. The molecule has 0 N–H and O–H groups in total. The van der Waals surface area contributed by atoms with Gasteiger partial charge in [-0.2, -0.15) is 0 Å². The summed E-state index contributed by atoms with van der Waals surface area (Å²) in [5.74, 6) is -0.397. The number of carbonyl (C=O) groups excluding carboxylic acids is 3. The lowest BCUT2D eigenvalue weighted by atomic mass is 10.2. The van der Waals surface area contributed by atoms with Gasteiger partial charge in [-0.15, -0.1) is 0 Å². The molecule has 0 atom stereocenters. The van der Waals surface area contributed by atoms with Gasteiger partial charge in [-0.1, -0.05) is 6.58 Å². The van der Waals surface area contributed by atoms with Gasteiger partial charge in [0, 0.05) is 26.2 Å². The third-order valence-corrected chi connectivity index (χ3v) is 2.52. The fourth-order valence-electron chi connectivity index (χ4n) is 1.63. The maximum Gasteiger partial charge on any atom is 0.246 e. The van der Waals surface area contributed by atoms with E-state index in [0.717, 1.165) is 0 Å². The van der Waals surface area contributed by atoms with Crippen LogP contribution in [-0.4, -0.2) is 53.6 Å². The number of carbonyl (C=O) groups is 3. The van der Waals surface area contributed by atoms with E-state index in [1.54, 1.807) is 9.80 Å². The average Bonchev–Trinajstić information content (AvgIpc) is 2.27. The summed E-state index contributed by atoms with van der Waals surface area (Å²) in [6, 6.07) is 0. The molecule has 0 saturated carbocycles. The van der Waals surface area contributed by atoms with E-state index in [-0.39, 0.29) is 24.0 Å². The lowest BCUT2D eigenvalue weighted by molar-refractivity contribution is -0.139. The van der Waals surface area contributed by atoms with Crippen LogP contribution in [0, 0.1) is 0 Å². The Labute approximate surface area is 94.7 Å². The van der Waals surface area contributed by atoms with Gasteiger partial charge in [0.1, 0.15) is 5.78 Å². The van der Waals surface area contributed by atoms with Gasteiger partial charge < -0.3 is 9.80 Å². The highest BCUT2D eigenvalue weighted by atomic mass is 16.2. The van der Waals surface area contributed by atoms with Crippen LogP contribution >= 0.6 is 0 Å². The van der Waals surface area contributed by atoms with Gasteiger partial charge in [0.2, 0.25) is 11.8 Å². The molecule has 0 bridgehead atoms. The van der Waals surface area contributed by atoms with Crippen molar-refractivity contribution in [3.05, 3.63) is 12.7 Å². The molecule has 0 aromatic rings. The molecule has 2 amide bonds. The summed E-state index contributed by atoms with van der Waals surface area (Å²) in [6.45, 7) is 6.81. The molecular formula is C11H16N2O3. The summed E-state index contributed by atoms with van der Waals surface area (Å²) in [6.07, 6.45) is 1.22. The Balaban J connectivity index is 2.42. The molecule has 0 aromatic carbocycles. The van der Waals surface area contributed by atoms with Crippen molar-refractivity contribution in [1.29, 1.82) is 0 Å². The standard InChI is InChI=1S/C11H16N2O3/c1-3-10(15)12-4-6-13(7-5-12)11(16)8-9(2)14/h3H,1,4-8H2,2H3. The molecule has 5 nitrogen and oxygen atoms in total. The van der Waals surface area contributed by atoms with Gasteiger partial charge >= 0.3 is 0 Å². The molecule has 0 aliphatic carbocycles. The van der Waals surface area contributed by atoms with Gasteiger partial charge in [-0.05, 0) is 13.0 Å². The fourth-order valence-corrected chi connectivity index (χ4v) is 1.63. The molecule has 1 aliphatic heterocycles. The van der Waals surface area contributed by atoms with Crippen LogP contribution in [0.3, 0.4) is 0 Å². The number of Topliss-reactive ketones (excluding diaryl/α,β-unsaturated/α-hetero) is 1. The number of nitrogens with zero attached hydrogens (tertiary/aromatic N) is 2. The van der Waals surface area contributed by atoms with E-state index in [1.165, 1.54) is 13.0 Å². The van der Waals surface area contributed by atoms with E-state index in [4.69, 9.17) is 0 Å². The number of hydrogen-bond donors (Lipinski definition) is 0. The smallest absolute Gasteiger partial charge is 0.246 e. The molecule has 0 spiro atoms. The van der Waals surface area contributed by atoms with Crippen LogP contribution in [0.25, 0.3) is 0 Å². The first kappa shape index (κ1) is 12.4. The van der Waals surface area contributed by atoms with E-state index in [0.29, 0.717) is 26.2 Å². The average molecular weight is 224 g/mol. The summed E-state index contributed by atoms with van der Waals surface area (Å²) in [5, 5.41) is 0. The van der Waals surface area contributed by atoms with Gasteiger partial charge in [-0.25, -0.2) is 0 Å². The number of hydrogen-bond acceptors (Lipinski definition) is 3. The largest absolute Gasteiger partial charge is 0.339 e. The van der Waals surface area contributed by atoms with E-state index >= 15 is 0 Å². The SMILES string of the molecule is C=CC(=O)N1CCN(C(=O)CC(C)=O)CC1. The molecule has 1 saturated heterocycles. The van der Waals surface area contributed by atoms with Gasteiger partial charge in [0.25, 0.3) is 0 Å². The van der Waals surface area contributed by atoms with Crippen molar-refractivity contribution < 1.29 is 14.4 Å². The van der Waals surface area contributed by atoms with Gasteiger partial charge in [-0.3, -0.25) is 14.4 Å². The molecule has 1 aliphatic rings. The molecule has 0 aromatic heterocycles. The number of rotatable bonds is 3. The molecule has 16 heavy (non-hydrogen) atoms. The Morgan fingerprint density at radius 1 is 1.12 bits per heavy atom. The van der Waals surface area contributed by atoms with Crippen LogP contribution < -0.4 is 0 Å². The summed E-state index contributed by atoms with van der Waals surface area (Å²) >= 11 is 0. The van der Waals surface area contributed by atoms with E-state index < -0.39 is 0 Å². The molecule has 1 fully saturated rings. The third-order valence-electron chi connectivity index (χ3n) is 2.52. The maximum absolute atomic E-state index is 11.5. The minimum atomic E-state index is -0.154. The van der Waals surface area contributed by atoms with E-state index in [2.05, 4.69) is 6.58 Å². The van der Waals surface area contributed by atoms with Crippen molar-refractivity contribution in [2.75, 3.05) is 26.2 Å². The quantitative estimate of drug-likeness (QED) is 0.493. The number of amides is 2. The minimum absolute atomic E-state index is 0.0462. The van der Waals surface area contributed by atoms with Crippen molar-refractivity contribution >= 4 is 17.6 Å². The fraction of sp³-hybridized carbons (Fsp3) is 0.545. The van der Waals surface area contributed by atoms with Crippen LogP contribution in [0.5, 0.6) is 0 Å². The third kappa shape index (κ3) is 3.18. The predicted octanol–water partition coefficient (Wildman–Crippen LogP) is -0.178. The minimum Gasteiger partial charge on any atom is -0.339 e. The first-order valence-corrected chi connectivity index (χ1v) is 5.23. The molecular weight excluding hydrogens is 208 g/mol. The first-order chi connectivity index (χ1) is 7.54. The molecule has 0 unspecified atom stereocenters. The van der Waals surface area contributed by atoms with Crippen LogP contribution in [-0.2, 0) is 14.4 Å². The molecule has 0 radical (unpaired) electrons. The topological polar surface area (TPSA) is 57.7 Å². The van der Waals surface area contributed by atoms with Crippen molar-refractivity contribution in [3.8, 4) is 0 Å². The summed E-state index contributed by atoms with van der Waals surface area (Å²) in [7, 11) is 0. The van der Waals surface area contributed by atoms with Crippen molar-refractivity contribution in [2.45, 2.75) is 13.3 Å². The maximum atomic E-state index is 11.5. The molecule has 1 heterocycles. The van der Waals surface area contributed by atoms with Crippen molar-refractivity contribution in [3.63, 3.8) is 0 Å². The Bertz CT molecular complexity index is 317. The summed E-state index contributed by atoms with van der Waals surface area (Å²) in [4.78, 5) is 36.9.